The second kappa shape index (κ2) is 3.05. The van der Waals surface area contributed by atoms with Gasteiger partial charge in [-0.25, -0.2) is 4.79 Å². The van der Waals surface area contributed by atoms with E-state index in [1.165, 1.54) is 0 Å². The van der Waals surface area contributed by atoms with Gasteiger partial charge in [-0.1, -0.05) is 13.8 Å². The molecule has 1 N–H and O–H groups in total. The van der Waals surface area contributed by atoms with Crippen LogP contribution in [0.5, 0.6) is 0 Å². The minimum atomic E-state index is -1.94. The first-order valence-electron chi connectivity index (χ1n) is 3.28. The summed E-state index contributed by atoms with van der Waals surface area (Å²) in [7, 11) is -1.94. The van der Waals surface area contributed by atoms with Crippen LogP contribution in [0.25, 0.3) is 0 Å². The van der Waals surface area contributed by atoms with Gasteiger partial charge in [0, 0.05) is 0 Å². The van der Waals surface area contributed by atoms with Crippen LogP contribution in [0.1, 0.15) is 13.8 Å². The summed E-state index contributed by atoms with van der Waals surface area (Å²) in [5.74, 6) is 0. The fourth-order valence-corrected chi connectivity index (χ4v) is 1.03. The summed E-state index contributed by atoms with van der Waals surface area (Å²) in [6, 6.07) is 0. The maximum atomic E-state index is 10.1. The van der Waals surface area contributed by atoms with Crippen molar-refractivity contribution in [3.05, 3.63) is 0 Å². The van der Waals surface area contributed by atoms with Gasteiger partial charge in [-0.3, -0.25) is 0 Å². The third kappa shape index (κ3) is 2.86. The minimum absolute atomic E-state index is 0.337. The van der Waals surface area contributed by atoms with Gasteiger partial charge in [0.2, 0.25) is 0 Å². The molecule has 4 heteroatoms. The normalized spacial score (nSPS) is 11.7. The molecular weight excluding hydrogens is 148 g/mol. The standard InChI is InChI=1S/C6H14O3Si/c1-5(2)10(3,4)9-6(7)8/h5H,1-4H3,(H,7,8). The number of hydrogen-bond acceptors (Lipinski definition) is 2. The van der Waals surface area contributed by atoms with E-state index in [-0.39, 0.29) is 0 Å². The van der Waals surface area contributed by atoms with E-state index in [0.717, 1.165) is 0 Å². The van der Waals surface area contributed by atoms with Crippen molar-refractivity contribution in [2.45, 2.75) is 32.5 Å². The summed E-state index contributed by atoms with van der Waals surface area (Å²) in [5.41, 5.74) is 0.337. The average Bonchev–Trinajstić information content (AvgIpc) is 1.60. The molecular formula is C6H14O3Si. The van der Waals surface area contributed by atoms with Crippen LogP contribution >= 0.6 is 0 Å². The number of hydrogen-bond donors (Lipinski definition) is 1. The third-order valence-electron chi connectivity index (χ3n) is 1.74. The molecule has 0 aliphatic carbocycles. The Kier molecular flexibility index (Phi) is 2.89. The molecule has 0 atom stereocenters. The van der Waals surface area contributed by atoms with E-state index in [1.807, 2.05) is 26.9 Å². The molecule has 0 saturated heterocycles. The van der Waals surface area contributed by atoms with Gasteiger partial charge in [-0.2, -0.15) is 0 Å². The fourth-order valence-electron chi connectivity index (χ4n) is 0.343. The van der Waals surface area contributed by atoms with Crippen molar-refractivity contribution < 1.29 is 14.3 Å². The van der Waals surface area contributed by atoms with E-state index in [2.05, 4.69) is 0 Å². The van der Waals surface area contributed by atoms with E-state index in [0.29, 0.717) is 5.54 Å². The van der Waals surface area contributed by atoms with Crippen LogP contribution in [0.4, 0.5) is 4.79 Å². The molecule has 60 valence electrons. The highest BCUT2D eigenvalue weighted by atomic mass is 28.4. The van der Waals surface area contributed by atoms with Crippen molar-refractivity contribution in [3.63, 3.8) is 0 Å². The summed E-state index contributed by atoms with van der Waals surface area (Å²) in [4.78, 5) is 10.1. The lowest BCUT2D eigenvalue weighted by molar-refractivity contribution is 0.141. The van der Waals surface area contributed by atoms with Gasteiger partial charge in [-0.15, -0.1) is 0 Å². The maximum absolute atomic E-state index is 10.1. The maximum Gasteiger partial charge on any atom is 0.491 e. The van der Waals surface area contributed by atoms with Crippen molar-refractivity contribution >= 4 is 14.5 Å². The van der Waals surface area contributed by atoms with Gasteiger partial charge in [0.15, 0.2) is 0 Å². The molecule has 0 bridgehead atoms. The molecule has 0 spiro atoms. The van der Waals surface area contributed by atoms with E-state index < -0.39 is 14.5 Å². The van der Waals surface area contributed by atoms with Gasteiger partial charge < -0.3 is 9.53 Å². The average molecular weight is 162 g/mol. The molecule has 0 radical (unpaired) electrons. The van der Waals surface area contributed by atoms with Gasteiger partial charge in [0.25, 0.3) is 8.32 Å². The zero-order chi connectivity index (χ0) is 8.36. The van der Waals surface area contributed by atoms with E-state index >= 15 is 0 Å². The van der Waals surface area contributed by atoms with Crippen LogP contribution in [-0.4, -0.2) is 19.6 Å². The highest BCUT2D eigenvalue weighted by Crippen LogP contribution is 2.20. The van der Waals surface area contributed by atoms with Crippen molar-refractivity contribution in [1.82, 2.24) is 0 Å². The second-order valence-corrected chi connectivity index (χ2v) is 7.69. The lowest BCUT2D eigenvalue weighted by Gasteiger charge is -2.24. The summed E-state index contributed by atoms with van der Waals surface area (Å²) < 4.78 is 4.75. The SMILES string of the molecule is CC(C)[Si](C)(C)OC(=O)O. The molecule has 0 aromatic carbocycles. The van der Waals surface area contributed by atoms with Crippen LogP contribution in [0, 0.1) is 0 Å². The first kappa shape index (κ1) is 9.49. The largest absolute Gasteiger partial charge is 0.491 e. The zero-order valence-corrected chi connectivity index (χ0v) is 7.84. The first-order valence-corrected chi connectivity index (χ1v) is 6.26. The quantitative estimate of drug-likeness (QED) is 0.634. The Hall–Kier alpha value is -0.513. The van der Waals surface area contributed by atoms with Crippen molar-refractivity contribution in [2.24, 2.45) is 0 Å². The van der Waals surface area contributed by atoms with Gasteiger partial charge in [-0.05, 0) is 18.6 Å². The Morgan fingerprint density at radius 3 is 2.00 bits per heavy atom. The lowest BCUT2D eigenvalue weighted by atomic mass is 10.6. The Morgan fingerprint density at radius 1 is 1.50 bits per heavy atom. The lowest BCUT2D eigenvalue weighted by Crippen LogP contribution is -2.35. The molecule has 0 aromatic heterocycles. The van der Waals surface area contributed by atoms with Crippen LogP contribution in [0.3, 0.4) is 0 Å². The summed E-state index contributed by atoms with van der Waals surface area (Å²) in [5, 5.41) is 8.31. The highest BCUT2D eigenvalue weighted by Gasteiger charge is 2.30. The van der Waals surface area contributed by atoms with E-state index in [4.69, 9.17) is 9.53 Å². The molecule has 0 fully saturated rings. The zero-order valence-electron chi connectivity index (χ0n) is 6.84. The Morgan fingerprint density at radius 2 is 1.90 bits per heavy atom. The molecule has 0 heterocycles. The van der Waals surface area contributed by atoms with Crippen molar-refractivity contribution in [1.29, 1.82) is 0 Å². The molecule has 0 aromatic rings. The van der Waals surface area contributed by atoms with Gasteiger partial charge in [0.1, 0.15) is 0 Å². The highest BCUT2D eigenvalue weighted by molar-refractivity contribution is 6.73. The van der Waals surface area contributed by atoms with Crippen LogP contribution in [0.2, 0.25) is 18.6 Å². The van der Waals surface area contributed by atoms with Gasteiger partial charge in [0.05, 0.1) is 0 Å². The summed E-state index contributed by atoms with van der Waals surface area (Å²) >= 11 is 0. The number of rotatable bonds is 2. The second-order valence-electron chi connectivity index (χ2n) is 3.13. The van der Waals surface area contributed by atoms with Crippen LogP contribution in [0.15, 0.2) is 0 Å². The predicted molar refractivity (Wildman–Crippen MR) is 41.7 cm³/mol. The van der Waals surface area contributed by atoms with E-state index in [9.17, 15) is 4.79 Å². The first-order chi connectivity index (χ1) is 4.36. The smallest absolute Gasteiger partial charge is 0.489 e. The molecule has 0 aliphatic heterocycles. The molecule has 3 nitrogen and oxygen atoms in total. The number of carboxylic acid groups (broad SMARTS) is 1. The molecule has 0 unspecified atom stereocenters. The molecule has 0 rings (SSSR count). The van der Waals surface area contributed by atoms with Crippen molar-refractivity contribution in [2.75, 3.05) is 0 Å². The molecule has 0 amide bonds. The van der Waals surface area contributed by atoms with E-state index in [1.54, 1.807) is 0 Å². The summed E-state index contributed by atoms with van der Waals surface area (Å²) in [6.07, 6.45) is -1.15. The van der Waals surface area contributed by atoms with Gasteiger partial charge >= 0.3 is 6.16 Å². The monoisotopic (exact) mass is 162 g/mol. The fraction of sp³-hybridized carbons (Fsp3) is 0.833. The Bertz CT molecular complexity index is 131. The predicted octanol–water partition coefficient (Wildman–Crippen LogP) is 2.30. The number of carbonyl (C=O) groups is 1. The van der Waals surface area contributed by atoms with Crippen LogP contribution < -0.4 is 0 Å². The topological polar surface area (TPSA) is 46.5 Å². The Balaban J connectivity index is 3.99. The van der Waals surface area contributed by atoms with Crippen LogP contribution in [-0.2, 0) is 4.43 Å². The third-order valence-corrected chi connectivity index (χ3v) is 5.22. The van der Waals surface area contributed by atoms with Crippen molar-refractivity contribution in [3.8, 4) is 0 Å². The molecule has 10 heavy (non-hydrogen) atoms. The summed E-state index contributed by atoms with van der Waals surface area (Å²) in [6.45, 7) is 7.75. The Labute approximate surface area is 62.1 Å². The molecule has 0 aliphatic rings. The molecule has 0 saturated carbocycles. The minimum Gasteiger partial charge on any atom is -0.489 e.